The number of benzene rings is 2. The topological polar surface area (TPSA) is 55.1 Å². The number of oxazole rings is 1. The number of nitrogens with zero attached hydrogens (tertiary/aromatic N) is 1. The van der Waals surface area contributed by atoms with Gasteiger partial charge < -0.3 is 9.73 Å². The molecule has 0 bridgehead atoms. The van der Waals surface area contributed by atoms with E-state index in [0.29, 0.717) is 11.1 Å². The molecule has 0 atom stereocenters. The fraction of sp³-hybridized carbons (Fsp3) is 0.125. The van der Waals surface area contributed by atoms with Gasteiger partial charge in [0.25, 0.3) is 5.91 Å². The molecule has 0 unspecified atom stereocenters. The summed E-state index contributed by atoms with van der Waals surface area (Å²) in [5.74, 6) is -0.156. The number of amides is 1. The van der Waals surface area contributed by atoms with E-state index in [1.807, 2.05) is 32.0 Å². The van der Waals surface area contributed by atoms with Gasteiger partial charge in [0, 0.05) is 11.3 Å². The standard InChI is InChI=1S/C16H14N2O2/c1-10-4-3-5-13(11(10)2)18-16(19)12-6-7-14-15(8-12)20-9-17-14/h3-9H,1-2H3,(H,18,19). The second kappa shape index (κ2) is 4.81. The molecule has 4 nitrogen and oxygen atoms in total. The van der Waals surface area contributed by atoms with Crippen LogP contribution in [0.1, 0.15) is 21.5 Å². The molecule has 1 aromatic heterocycles. The third kappa shape index (κ3) is 2.16. The van der Waals surface area contributed by atoms with Crippen LogP contribution in [-0.4, -0.2) is 10.9 Å². The summed E-state index contributed by atoms with van der Waals surface area (Å²) in [5, 5.41) is 2.92. The van der Waals surface area contributed by atoms with Gasteiger partial charge in [-0.2, -0.15) is 0 Å². The maximum absolute atomic E-state index is 12.3. The van der Waals surface area contributed by atoms with E-state index in [1.165, 1.54) is 6.39 Å². The molecule has 3 aromatic rings. The molecular weight excluding hydrogens is 252 g/mol. The molecule has 4 heteroatoms. The molecule has 0 aliphatic rings. The Kier molecular flexibility index (Phi) is 2.99. The number of rotatable bonds is 2. The lowest BCUT2D eigenvalue weighted by molar-refractivity contribution is 0.102. The zero-order valence-electron chi connectivity index (χ0n) is 11.3. The van der Waals surface area contributed by atoms with E-state index in [2.05, 4.69) is 10.3 Å². The molecule has 1 amide bonds. The first-order valence-corrected chi connectivity index (χ1v) is 6.36. The van der Waals surface area contributed by atoms with Gasteiger partial charge in [-0.05, 0) is 49.2 Å². The van der Waals surface area contributed by atoms with Crippen molar-refractivity contribution >= 4 is 22.7 Å². The van der Waals surface area contributed by atoms with E-state index in [1.54, 1.807) is 18.2 Å². The minimum Gasteiger partial charge on any atom is -0.443 e. The summed E-state index contributed by atoms with van der Waals surface area (Å²) < 4.78 is 5.21. The number of fused-ring (bicyclic) bond motifs is 1. The monoisotopic (exact) mass is 266 g/mol. The predicted octanol–water partition coefficient (Wildman–Crippen LogP) is 3.70. The number of carbonyl (C=O) groups excluding carboxylic acids is 1. The first-order chi connectivity index (χ1) is 9.65. The molecule has 100 valence electrons. The SMILES string of the molecule is Cc1cccc(NC(=O)c2ccc3ncoc3c2)c1C. The zero-order chi connectivity index (χ0) is 14.1. The van der Waals surface area contributed by atoms with Crippen molar-refractivity contribution in [1.82, 2.24) is 4.98 Å². The van der Waals surface area contributed by atoms with Crippen LogP contribution in [0.5, 0.6) is 0 Å². The Balaban J connectivity index is 1.90. The zero-order valence-corrected chi connectivity index (χ0v) is 11.3. The number of anilines is 1. The molecular formula is C16H14N2O2. The van der Waals surface area contributed by atoms with Gasteiger partial charge in [-0.1, -0.05) is 12.1 Å². The van der Waals surface area contributed by atoms with Crippen LogP contribution in [0.25, 0.3) is 11.1 Å². The van der Waals surface area contributed by atoms with Crippen LogP contribution in [0.2, 0.25) is 0 Å². The predicted molar refractivity (Wildman–Crippen MR) is 77.9 cm³/mol. The number of hydrogen-bond acceptors (Lipinski definition) is 3. The minimum absolute atomic E-state index is 0.156. The van der Waals surface area contributed by atoms with Gasteiger partial charge in [0.05, 0.1) is 0 Å². The van der Waals surface area contributed by atoms with Gasteiger partial charge in [-0.25, -0.2) is 4.98 Å². The third-order valence-electron chi connectivity index (χ3n) is 3.45. The average molecular weight is 266 g/mol. The van der Waals surface area contributed by atoms with Crippen molar-refractivity contribution in [3.8, 4) is 0 Å². The molecule has 0 radical (unpaired) electrons. The molecule has 0 fully saturated rings. The second-order valence-electron chi connectivity index (χ2n) is 4.74. The molecule has 0 saturated carbocycles. The lowest BCUT2D eigenvalue weighted by Gasteiger charge is -2.10. The fourth-order valence-electron chi connectivity index (χ4n) is 2.08. The van der Waals surface area contributed by atoms with Gasteiger partial charge in [-0.15, -0.1) is 0 Å². The summed E-state index contributed by atoms with van der Waals surface area (Å²) in [4.78, 5) is 16.3. The molecule has 0 aliphatic carbocycles. The van der Waals surface area contributed by atoms with Gasteiger partial charge >= 0.3 is 0 Å². The van der Waals surface area contributed by atoms with Crippen LogP contribution in [0.3, 0.4) is 0 Å². The van der Waals surface area contributed by atoms with Crippen molar-refractivity contribution in [3.63, 3.8) is 0 Å². The van der Waals surface area contributed by atoms with Crippen molar-refractivity contribution in [1.29, 1.82) is 0 Å². The van der Waals surface area contributed by atoms with Crippen molar-refractivity contribution in [2.24, 2.45) is 0 Å². The highest BCUT2D eigenvalue weighted by atomic mass is 16.3. The van der Waals surface area contributed by atoms with Gasteiger partial charge in [0.1, 0.15) is 5.52 Å². The molecule has 20 heavy (non-hydrogen) atoms. The smallest absolute Gasteiger partial charge is 0.255 e. The molecule has 1 N–H and O–H groups in total. The average Bonchev–Trinajstić information content (AvgIpc) is 2.91. The van der Waals surface area contributed by atoms with E-state index >= 15 is 0 Å². The number of nitrogens with one attached hydrogen (secondary N) is 1. The van der Waals surface area contributed by atoms with E-state index in [-0.39, 0.29) is 5.91 Å². The normalized spacial score (nSPS) is 10.7. The number of hydrogen-bond donors (Lipinski definition) is 1. The van der Waals surface area contributed by atoms with Gasteiger partial charge in [0.15, 0.2) is 12.0 Å². The first kappa shape index (κ1) is 12.4. The largest absolute Gasteiger partial charge is 0.443 e. The molecule has 3 rings (SSSR count). The van der Waals surface area contributed by atoms with E-state index in [0.717, 1.165) is 22.3 Å². The highest BCUT2D eigenvalue weighted by Gasteiger charge is 2.10. The Morgan fingerprint density at radius 3 is 2.90 bits per heavy atom. The molecule has 0 spiro atoms. The van der Waals surface area contributed by atoms with E-state index in [4.69, 9.17) is 4.42 Å². The number of aromatic nitrogens is 1. The van der Waals surface area contributed by atoms with Crippen molar-refractivity contribution in [2.45, 2.75) is 13.8 Å². The van der Waals surface area contributed by atoms with Crippen LogP contribution in [0.4, 0.5) is 5.69 Å². The molecule has 0 aliphatic heterocycles. The third-order valence-corrected chi connectivity index (χ3v) is 3.45. The Morgan fingerprint density at radius 2 is 2.05 bits per heavy atom. The maximum atomic E-state index is 12.3. The van der Waals surface area contributed by atoms with Crippen molar-refractivity contribution < 1.29 is 9.21 Å². The molecule has 2 aromatic carbocycles. The fourth-order valence-corrected chi connectivity index (χ4v) is 2.08. The maximum Gasteiger partial charge on any atom is 0.255 e. The van der Waals surface area contributed by atoms with Crippen LogP contribution in [-0.2, 0) is 0 Å². The van der Waals surface area contributed by atoms with Crippen LogP contribution >= 0.6 is 0 Å². The highest BCUT2D eigenvalue weighted by molar-refractivity contribution is 6.06. The summed E-state index contributed by atoms with van der Waals surface area (Å²) in [5.41, 5.74) is 4.95. The van der Waals surface area contributed by atoms with Crippen LogP contribution in [0, 0.1) is 13.8 Å². The van der Waals surface area contributed by atoms with Gasteiger partial charge in [-0.3, -0.25) is 4.79 Å². The summed E-state index contributed by atoms with van der Waals surface area (Å²) in [6.07, 6.45) is 1.37. The molecule has 0 saturated heterocycles. The Labute approximate surface area is 116 Å². The minimum atomic E-state index is -0.156. The van der Waals surface area contributed by atoms with Crippen molar-refractivity contribution in [2.75, 3.05) is 5.32 Å². The lowest BCUT2D eigenvalue weighted by atomic mass is 10.1. The second-order valence-corrected chi connectivity index (χ2v) is 4.74. The van der Waals surface area contributed by atoms with Gasteiger partial charge in [0.2, 0.25) is 0 Å². The number of carbonyl (C=O) groups is 1. The Bertz CT molecular complexity index is 790. The Morgan fingerprint density at radius 1 is 1.20 bits per heavy atom. The summed E-state index contributed by atoms with van der Waals surface area (Å²) in [6.45, 7) is 4.01. The highest BCUT2D eigenvalue weighted by Crippen LogP contribution is 2.20. The van der Waals surface area contributed by atoms with Crippen molar-refractivity contribution in [3.05, 3.63) is 59.5 Å². The first-order valence-electron chi connectivity index (χ1n) is 6.36. The molecule has 1 heterocycles. The van der Waals surface area contributed by atoms with E-state index < -0.39 is 0 Å². The van der Waals surface area contributed by atoms with Crippen LogP contribution in [0.15, 0.2) is 47.2 Å². The lowest BCUT2D eigenvalue weighted by Crippen LogP contribution is -2.12. The quantitative estimate of drug-likeness (QED) is 0.769. The van der Waals surface area contributed by atoms with E-state index in [9.17, 15) is 4.79 Å². The summed E-state index contributed by atoms with van der Waals surface area (Å²) in [6, 6.07) is 11.1. The summed E-state index contributed by atoms with van der Waals surface area (Å²) >= 11 is 0. The number of aryl methyl sites for hydroxylation is 1. The van der Waals surface area contributed by atoms with Crippen LogP contribution < -0.4 is 5.32 Å². The summed E-state index contributed by atoms with van der Waals surface area (Å²) in [7, 11) is 0. The Hall–Kier alpha value is -2.62.